The molecule has 0 saturated carbocycles. The molecule has 2 aromatic carbocycles. The van der Waals surface area contributed by atoms with Crippen molar-refractivity contribution >= 4 is 21.6 Å². The van der Waals surface area contributed by atoms with Crippen LogP contribution in [0, 0.1) is 5.82 Å². The lowest BCUT2D eigenvalue weighted by Gasteiger charge is -2.14. The highest BCUT2D eigenvalue weighted by atomic mass is 32.2. The first-order valence-corrected chi connectivity index (χ1v) is 9.51. The van der Waals surface area contributed by atoms with Crippen LogP contribution in [0.4, 0.5) is 10.1 Å². The first-order valence-electron chi connectivity index (χ1n) is 8.07. The number of carbonyl (C=O) groups excluding carboxylic acids is 1. The number of anilines is 1. The standard InChI is InChI=1S/C18H15FN4O3S/c1-22-10-15-17(18(24)21-13-6-4-5-12(19)9-13)20-11-23(15)14-7-2-3-8-16(14)27(22,25)26/h2-9,11H,10H2,1H3,(H,21,24). The number of nitrogens with one attached hydrogen (secondary N) is 1. The fraction of sp³-hybridized carbons (Fsp3) is 0.111. The molecule has 0 spiro atoms. The first-order chi connectivity index (χ1) is 12.9. The average Bonchev–Trinajstić information content (AvgIpc) is 3.02. The number of para-hydroxylation sites is 1. The third kappa shape index (κ3) is 2.90. The van der Waals surface area contributed by atoms with Crippen LogP contribution in [0.25, 0.3) is 5.69 Å². The molecule has 1 N–H and O–H groups in total. The molecule has 0 fully saturated rings. The number of amides is 1. The van der Waals surface area contributed by atoms with Crippen molar-refractivity contribution in [3.8, 4) is 5.69 Å². The lowest BCUT2D eigenvalue weighted by atomic mass is 10.2. The van der Waals surface area contributed by atoms with Crippen LogP contribution >= 0.6 is 0 Å². The summed E-state index contributed by atoms with van der Waals surface area (Å²) in [7, 11) is -2.25. The maximum absolute atomic E-state index is 13.3. The van der Waals surface area contributed by atoms with E-state index < -0.39 is 21.7 Å². The molecule has 0 saturated heterocycles. The van der Waals surface area contributed by atoms with Gasteiger partial charge in [0.2, 0.25) is 10.0 Å². The molecule has 27 heavy (non-hydrogen) atoms. The van der Waals surface area contributed by atoms with Crippen molar-refractivity contribution < 1.29 is 17.6 Å². The molecule has 0 radical (unpaired) electrons. The Bertz CT molecular complexity index is 1160. The number of halogens is 1. The van der Waals surface area contributed by atoms with Gasteiger partial charge in [-0.15, -0.1) is 0 Å². The number of nitrogens with zero attached hydrogens (tertiary/aromatic N) is 3. The number of hydrogen-bond donors (Lipinski definition) is 1. The predicted molar refractivity (Wildman–Crippen MR) is 96.6 cm³/mol. The summed E-state index contributed by atoms with van der Waals surface area (Å²) in [6, 6.07) is 12.0. The van der Waals surface area contributed by atoms with E-state index in [0.717, 1.165) is 0 Å². The number of fused-ring (bicyclic) bond motifs is 3. The van der Waals surface area contributed by atoms with Crippen molar-refractivity contribution in [3.63, 3.8) is 0 Å². The van der Waals surface area contributed by atoms with E-state index in [4.69, 9.17) is 0 Å². The Kier molecular flexibility index (Phi) is 4.05. The van der Waals surface area contributed by atoms with E-state index >= 15 is 0 Å². The molecule has 1 aliphatic rings. The summed E-state index contributed by atoms with van der Waals surface area (Å²) in [6.45, 7) is -0.0249. The molecular weight excluding hydrogens is 371 g/mol. The van der Waals surface area contributed by atoms with Gasteiger partial charge < -0.3 is 5.32 Å². The van der Waals surface area contributed by atoms with Crippen LogP contribution in [0.15, 0.2) is 59.8 Å². The van der Waals surface area contributed by atoms with E-state index in [1.54, 1.807) is 28.8 Å². The summed E-state index contributed by atoms with van der Waals surface area (Å²) in [4.78, 5) is 17.0. The van der Waals surface area contributed by atoms with Gasteiger partial charge in [0.1, 0.15) is 17.0 Å². The molecule has 9 heteroatoms. The Morgan fingerprint density at radius 1 is 1.19 bits per heavy atom. The largest absolute Gasteiger partial charge is 0.320 e. The fourth-order valence-electron chi connectivity index (χ4n) is 3.02. The van der Waals surface area contributed by atoms with Gasteiger partial charge in [-0.3, -0.25) is 9.36 Å². The van der Waals surface area contributed by atoms with Crippen LogP contribution in [-0.4, -0.2) is 35.2 Å². The fourth-order valence-corrected chi connectivity index (χ4v) is 4.33. The van der Waals surface area contributed by atoms with E-state index in [1.165, 1.54) is 41.9 Å². The quantitative estimate of drug-likeness (QED) is 0.733. The van der Waals surface area contributed by atoms with Gasteiger partial charge in [-0.05, 0) is 30.3 Å². The van der Waals surface area contributed by atoms with Gasteiger partial charge in [-0.1, -0.05) is 18.2 Å². The molecule has 0 bridgehead atoms. The summed E-state index contributed by atoms with van der Waals surface area (Å²) in [5, 5.41) is 2.59. The van der Waals surface area contributed by atoms with Gasteiger partial charge in [0.15, 0.2) is 5.69 Å². The minimum Gasteiger partial charge on any atom is -0.320 e. The second-order valence-corrected chi connectivity index (χ2v) is 8.12. The Hall–Kier alpha value is -3.04. The molecule has 1 aromatic heterocycles. The molecule has 1 aliphatic heterocycles. The molecule has 0 unspecified atom stereocenters. The number of sulfonamides is 1. The highest BCUT2D eigenvalue weighted by molar-refractivity contribution is 7.89. The maximum Gasteiger partial charge on any atom is 0.276 e. The summed E-state index contributed by atoms with van der Waals surface area (Å²) in [6.07, 6.45) is 1.42. The van der Waals surface area contributed by atoms with Gasteiger partial charge in [-0.2, -0.15) is 4.31 Å². The zero-order valence-corrected chi connectivity index (χ0v) is 15.1. The van der Waals surface area contributed by atoms with E-state index in [9.17, 15) is 17.6 Å². The minimum atomic E-state index is -3.70. The normalized spacial score (nSPS) is 15.5. The Morgan fingerprint density at radius 2 is 1.96 bits per heavy atom. The Labute approximate surface area is 155 Å². The van der Waals surface area contributed by atoms with Crippen molar-refractivity contribution in [1.29, 1.82) is 0 Å². The Balaban J connectivity index is 1.79. The summed E-state index contributed by atoms with van der Waals surface area (Å²) < 4.78 is 41.6. The maximum atomic E-state index is 13.3. The smallest absolute Gasteiger partial charge is 0.276 e. The van der Waals surface area contributed by atoms with Crippen LogP contribution < -0.4 is 5.32 Å². The lowest BCUT2D eigenvalue weighted by molar-refractivity contribution is 0.102. The van der Waals surface area contributed by atoms with Gasteiger partial charge >= 0.3 is 0 Å². The van der Waals surface area contributed by atoms with Gasteiger partial charge in [0.25, 0.3) is 5.91 Å². The van der Waals surface area contributed by atoms with Crippen molar-refractivity contribution in [2.45, 2.75) is 11.4 Å². The monoisotopic (exact) mass is 386 g/mol. The number of hydrogen-bond acceptors (Lipinski definition) is 4. The number of carbonyl (C=O) groups is 1. The molecular formula is C18H15FN4O3S. The topological polar surface area (TPSA) is 84.3 Å². The molecule has 3 aromatic rings. The summed E-state index contributed by atoms with van der Waals surface area (Å²) in [5.74, 6) is -1.02. The van der Waals surface area contributed by atoms with E-state index in [-0.39, 0.29) is 22.8 Å². The third-order valence-corrected chi connectivity index (χ3v) is 6.20. The predicted octanol–water partition coefficient (Wildman–Crippen LogP) is 2.40. The summed E-state index contributed by atoms with van der Waals surface area (Å²) >= 11 is 0. The highest BCUT2D eigenvalue weighted by Crippen LogP contribution is 2.30. The second-order valence-electron chi connectivity index (χ2n) is 6.10. The number of rotatable bonds is 2. The number of benzene rings is 2. The van der Waals surface area contributed by atoms with Gasteiger partial charge in [0.05, 0.1) is 17.9 Å². The molecule has 4 rings (SSSR count). The van der Waals surface area contributed by atoms with Crippen molar-refractivity contribution in [2.75, 3.05) is 12.4 Å². The molecule has 138 valence electrons. The second kappa shape index (κ2) is 6.29. The Morgan fingerprint density at radius 3 is 2.74 bits per heavy atom. The zero-order valence-electron chi connectivity index (χ0n) is 14.3. The molecule has 1 amide bonds. The van der Waals surface area contributed by atoms with E-state index in [1.807, 2.05) is 0 Å². The summed E-state index contributed by atoms with van der Waals surface area (Å²) in [5.41, 5.74) is 1.23. The van der Waals surface area contributed by atoms with Gasteiger partial charge in [-0.25, -0.2) is 17.8 Å². The third-order valence-electron chi connectivity index (χ3n) is 4.35. The molecule has 2 heterocycles. The van der Waals surface area contributed by atoms with E-state index in [0.29, 0.717) is 11.4 Å². The first kappa shape index (κ1) is 17.4. The minimum absolute atomic E-state index is 0.0249. The molecule has 0 atom stereocenters. The van der Waals surface area contributed by atoms with Crippen molar-refractivity contribution in [2.24, 2.45) is 0 Å². The van der Waals surface area contributed by atoms with Crippen molar-refractivity contribution in [3.05, 3.63) is 72.1 Å². The average molecular weight is 386 g/mol. The molecule has 0 aliphatic carbocycles. The number of aromatic nitrogens is 2. The van der Waals surface area contributed by atoms with Crippen LogP contribution in [0.2, 0.25) is 0 Å². The van der Waals surface area contributed by atoms with Crippen LogP contribution in [0.3, 0.4) is 0 Å². The zero-order chi connectivity index (χ0) is 19.2. The van der Waals surface area contributed by atoms with Crippen LogP contribution in [-0.2, 0) is 16.6 Å². The van der Waals surface area contributed by atoms with E-state index in [2.05, 4.69) is 10.3 Å². The number of imidazole rings is 1. The van der Waals surface area contributed by atoms with Crippen molar-refractivity contribution in [1.82, 2.24) is 13.9 Å². The highest BCUT2D eigenvalue weighted by Gasteiger charge is 2.32. The van der Waals surface area contributed by atoms with Gasteiger partial charge in [0, 0.05) is 12.7 Å². The van der Waals surface area contributed by atoms with Crippen LogP contribution in [0.1, 0.15) is 16.2 Å². The lowest BCUT2D eigenvalue weighted by Crippen LogP contribution is -2.26. The SMILES string of the molecule is CN1Cc2c(C(=O)Nc3cccc(F)c3)ncn2-c2ccccc2S1(=O)=O. The van der Waals surface area contributed by atoms with Crippen LogP contribution in [0.5, 0.6) is 0 Å². The molecule has 7 nitrogen and oxygen atoms in total.